The van der Waals surface area contributed by atoms with Crippen LogP contribution in [0, 0.1) is 5.92 Å². The molecule has 1 rings (SSSR count). The summed E-state index contributed by atoms with van der Waals surface area (Å²) in [7, 11) is 0.652. The minimum absolute atomic E-state index is 0.521. The molecule has 0 atom stereocenters. The number of hydrogen-bond acceptors (Lipinski definition) is 3. The third kappa shape index (κ3) is 4.21. The monoisotopic (exact) mass is 245 g/mol. The minimum Gasteiger partial charge on any atom is -0.406 e. The van der Waals surface area contributed by atoms with Gasteiger partial charge in [-0.3, -0.25) is 0 Å². The molecule has 0 aromatic rings. The summed E-state index contributed by atoms with van der Waals surface area (Å²) >= 11 is 5.38. The van der Waals surface area contributed by atoms with E-state index in [-0.39, 0.29) is 0 Å². The first-order valence-corrected chi connectivity index (χ1v) is 9.72. The van der Waals surface area contributed by atoms with Gasteiger partial charge in [0.2, 0.25) is 0 Å². The maximum absolute atomic E-state index is 5.78. The minimum atomic E-state index is -1.36. The largest absolute Gasteiger partial charge is 0.406 e. The van der Waals surface area contributed by atoms with Crippen LogP contribution in [-0.4, -0.2) is 25.1 Å². The molecule has 0 bridgehead atoms. The first-order valence-electron chi connectivity index (χ1n) is 5.87. The normalized spacial score (nSPS) is 19.3. The molecular weight excluding hydrogens is 222 g/mol. The number of hydrogen-bond donors (Lipinski definition) is 0. The van der Waals surface area contributed by atoms with Crippen molar-refractivity contribution in [3.63, 3.8) is 0 Å². The van der Waals surface area contributed by atoms with Crippen molar-refractivity contribution in [2.24, 2.45) is 5.92 Å². The Hall–Kier alpha value is 0.0669. The number of rotatable bonds is 3. The van der Waals surface area contributed by atoms with E-state index in [1.807, 2.05) is 11.8 Å². The summed E-state index contributed by atoms with van der Waals surface area (Å²) < 4.78 is 2.00. The standard InChI is InChI=1S/C11H23NOSSi/c1-12(15(2,3)4)13-11(14)10-8-6-5-7-9-10/h10H,5-9H2,1-4H3. The van der Waals surface area contributed by atoms with Crippen LogP contribution in [0.2, 0.25) is 19.6 Å². The van der Waals surface area contributed by atoms with Crippen LogP contribution in [0.3, 0.4) is 0 Å². The third-order valence-electron chi connectivity index (χ3n) is 3.11. The van der Waals surface area contributed by atoms with Crippen molar-refractivity contribution in [3.8, 4) is 0 Å². The number of thiocarbonyl (C=S) groups is 1. The third-order valence-corrected chi connectivity index (χ3v) is 5.50. The summed E-state index contributed by atoms with van der Waals surface area (Å²) in [6, 6.07) is 0. The van der Waals surface area contributed by atoms with Crippen LogP contribution in [0.15, 0.2) is 0 Å². The van der Waals surface area contributed by atoms with E-state index in [1.165, 1.54) is 32.1 Å². The average Bonchev–Trinajstić information content (AvgIpc) is 2.17. The summed E-state index contributed by atoms with van der Waals surface area (Å²) in [6.45, 7) is 6.78. The van der Waals surface area contributed by atoms with Gasteiger partial charge in [0.1, 0.15) is 0 Å². The molecule has 0 radical (unpaired) electrons. The van der Waals surface area contributed by atoms with Crippen LogP contribution in [0.5, 0.6) is 0 Å². The van der Waals surface area contributed by atoms with Gasteiger partial charge in [-0.2, -0.15) is 4.73 Å². The number of hydroxylamine groups is 1. The Kier molecular flexibility index (Phi) is 4.74. The predicted molar refractivity (Wildman–Crippen MR) is 71.4 cm³/mol. The number of nitrogens with zero attached hydrogens (tertiary/aromatic N) is 1. The Bertz CT molecular complexity index is 221. The highest BCUT2D eigenvalue weighted by Crippen LogP contribution is 2.26. The molecule has 15 heavy (non-hydrogen) atoms. The maximum atomic E-state index is 5.78. The molecule has 0 saturated heterocycles. The van der Waals surface area contributed by atoms with Crippen LogP contribution >= 0.6 is 12.2 Å². The zero-order chi connectivity index (χ0) is 11.5. The molecule has 0 amide bonds. The van der Waals surface area contributed by atoms with Gasteiger partial charge in [-0.25, -0.2) is 0 Å². The van der Waals surface area contributed by atoms with E-state index >= 15 is 0 Å². The van der Waals surface area contributed by atoms with Gasteiger partial charge in [0.15, 0.2) is 13.3 Å². The molecular formula is C11H23NOSSi. The Morgan fingerprint density at radius 2 is 1.73 bits per heavy atom. The van der Waals surface area contributed by atoms with Gasteiger partial charge >= 0.3 is 0 Å². The molecule has 2 nitrogen and oxygen atoms in total. The van der Waals surface area contributed by atoms with E-state index < -0.39 is 8.24 Å². The quantitative estimate of drug-likeness (QED) is 0.428. The molecule has 4 heteroatoms. The SMILES string of the molecule is CN(OC(=S)C1CCCCC1)[Si](C)(C)C. The van der Waals surface area contributed by atoms with E-state index in [0.717, 1.165) is 5.05 Å². The molecule has 0 spiro atoms. The Labute approximate surface area is 100 Å². The van der Waals surface area contributed by atoms with Crippen molar-refractivity contribution >= 4 is 25.5 Å². The van der Waals surface area contributed by atoms with Gasteiger partial charge in [-0.1, -0.05) is 38.9 Å². The molecule has 1 fully saturated rings. The lowest BCUT2D eigenvalue weighted by Gasteiger charge is -2.32. The molecule has 0 aliphatic heterocycles. The molecule has 0 N–H and O–H groups in total. The topological polar surface area (TPSA) is 12.5 Å². The molecule has 0 aromatic heterocycles. The van der Waals surface area contributed by atoms with Crippen molar-refractivity contribution in [1.29, 1.82) is 0 Å². The van der Waals surface area contributed by atoms with Crippen LogP contribution < -0.4 is 0 Å². The van der Waals surface area contributed by atoms with Gasteiger partial charge in [-0.15, -0.1) is 0 Å². The average molecular weight is 245 g/mol. The lowest BCUT2D eigenvalue weighted by atomic mass is 9.90. The van der Waals surface area contributed by atoms with E-state index in [0.29, 0.717) is 5.92 Å². The summed E-state index contributed by atoms with van der Waals surface area (Å²) in [5, 5.41) is 0.819. The summed E-state index contributed by atoms with van der Waals surface area (Å²) in [6.07, 6.45) is 6.43. The fraction of sp³-hybridized carbons (Fsp3) is 0.909. The van der Waals surface area contributed by atoms with Gasteiger partial charge in [0.25, 0.3) is 0 Å². The van der Waals surface area contributed by atoms with Crippen molar-refractivity contribution < 1.29 is 4.84 Å². The molecule has 1 aliphatic rings. The molecule has 1 saturated carbocycles. The van der Waals surface area contributed by atoms with E-state index in [2.05, 4.69) is 19.6 Å². The van der Waals surface area contributed by atoms with Crippen LogP contribution in [0.4, 0.5) is 0 Å². The first-order chi connectivity index (χ1) is 6.91. The molecule has 0 aromatic carbocycles. The van der Waals surface area contributed by atoms with Crippen LogP contribution in [0.1, 0.15) is 32.1 Å². The predicted octanol–water partition coefficient (Wildman–Crippen LogP) is 3.59. The smallest absolute Gasteiger partial charge is 0.189 e. The Morgan fingerprint density at radius 1 is 1.20 bits per heavy atom. The highest BCUT2D eigenvalue weighted by atomic mass is 32.1. The van der Waals surface area contributed by atoms with Gasteiger partial charge in [0.05, 0.1) is 0 Å². The molecule has 88 valence electrons. The highest BCUT2D eigenvalue weighted by Gasteiger charge is 2.26. The second-order valence-corrected chi connectivity index (χ2v) is 10.8. The summed E-state index contributed by atoms with van der Waals surface area (Å²) in [5.74, 6) is 0.521. The van der Waals surface area contributed by atoms with Crippen LogP contribution in [-0.2, 0) is 4.84 Å². The highest BCUT2D eigenvalue weighted by molar-refractivity contribution is 7.80. The molecule has 1 aliphatic carbocycles. The summed E-state index contributed by atoms with van der Waals surface area (Å²) in [4.78, 5) is 5.78. The van der Waals surface area contributed by atoms with Crippen molar-refractivity contribution in [2.75, 3.05) is 7.05 Å². The van der Waals surface area contributed by atoms with Crippen molar-refractivity contribution in [3.05, 3.63) is 0 Å². The Balaban J connectivity index is 2.40. The Morgan fingerprint density at radius 3 is 2.20 bits per heavy atom. The van der Waals surface area contributed by atoms with Gasteiger partial charge < -0.3 is 4.84 Å². The lowest BCUT2D eigenvalue weighted by molar-refractivity contribution is 0.0296. The fourth-order valence-electron chi connectivity index (χ4n) is 1.68. The van der Waals surface area contributed by atoms with Crippen molar-refractivity contribution in [2.45, 2.75) is 51.7 Å². The van der Waals surface area contributed by atoms with Crippen molar-refractivity contribution in [1.82, 2.24) is 4.73 Å². The second kappa shape index (κ2) is 5.41. The zero-order valence-corrected chi connectivity index (χ0v) is 12.2. The van der Waals surface area contributed by atoms with Crippen LogP contribution in [0.25, 0.3) is 0 Å². The van der Waals surface area contributed by atoms with Gasteiger partial charge in [0, 0.05) is 13.0 Å². The van der Waals surface area contributed by atoms with E-state index in [9.17, 15) is 0 Å². The lowest BCUT2D eigenvalue weighted by Crippen LogP contribution is -2.45. The summed E-state index contributed by atoms with van der Waals surface area (Å²) in [5.41, 5.74) is 0. The second-order valence-electron chi connectivity index (χ2n) is 5.41. The molecule has 0 heterocycles. The maximum Gasteiger partial charge on any atom is 0.189 e. The van der Waals surface area contributed by atoms with E-state index in [1.54, 1.807) is 0 Å². The first kappa shape index (κ1) is 13.1. The molecule has 0 unspecified atom stereocenters. The van der Waals surface area contributed by atoms with E-state index in [4.69, 9.17) is 17.1 Å². The zero-order valence-electron chi connectivity index (χ0n) is 10.4. The fourth-order valence-corrected chi connectivity index (χ4v) is 2.47. The van der Waals surface area contributed by atoms with Gasteiger partial charge in [-0.05, 0) is 25.1 Å².